The first-order valence-electron chi connectivity index (χ1n) is 8.86. The normalized spacial score (nSPS) is 23.4. The van der Waals surface area contributed by atoms with Crippen molar-refractivity contribution in [3.63, 3.8) is 0 Å². The molecule has 0 radical (unpaired) electrons. The summed E-state index contributed by atoms with van der Waals surface area (Å²) in [5.41, 5.74) is 4.92. The lowest BCUT2D eigenvalue weighted by Gasteiger charge is -2.43. The van der Waals surface area contributed by atoms with Gasteiger partial charge in [-0.05, 0) is 46.0 Å². The lowest BCUT2D eigenvalue weighted by atomic mass is 9.61. The SMILES string of the molecule is CC(C)(C)NC(=O)C(CC1CCC1)C1(C(N)=O)CCCCC1. The Morgan fingerprint density at radius 1 is 1.14 bits per heavy atom. The van der Waals surface area contributed by atoms with Crippen LogP contribution in [0.3, 0.4) is 0 Å². The molecule has 0 aliphatic heterocycles. The number of primary amides is 1. The van der Waals surface area contributed by atoms with Crippen LogP contribution in [0.1, 0.15) is 78.6 Å². The van der Waals surface area contributed by atoms with E-state index in [0.717, 1.165) is 38.5 Å². The Kier molecular flexibility index (Phi) is 5.18. The van der Waals surface area contributed by atoms with Crippen molar-refractivity contribution >= 4 is 11.8 Å². The highest BCUT2D eigenvalue weighted by Gasteiger charge is 2.49. The van der Waals surface area contributed by atoms with Crippen LogP contribution in [0.15, 0.2) is 0 Å². The van der Waals surface area contributed by atoms with E-state index in [-0.39, 0.29) is 23.3 Å². The van der Waals surface area contributed by atoms with Crippen LogP contribution in [0.5, 0.6) is 0 Å². The van der Waals surface area contributed by atoms with Gasteiger partial charge in [-0.3, -0.25) is 9.59 Å². The van der Waals surface area contributed by atoms with Gasteiger partial charge < -0.3 is 11.1 Å². The minimum atomic E-state index is -0.622. The molecule has 0 heterocycles. The van der Waals surface area contributed by atoms with E-state index in [1.54, 1.807) is 0 Å². The number of nitrogens with two attached hydrogens (primary N) is 1. The van der Waals surface area contributed by atoms with E-state index in [1.165, 1.54) is 19.3 Å². The summed E-state index contributed by atoms with van der Waals surface area (Å²) >= 11 is 0. The van der Waals surface area contributed by atoms with Gasteiger partial charge >= 0.3 is 0 Å². The molecule has 0 aromatic carbocycles. The first-order valence-corrected chi connectivity index (χ1v) is 8.86. The third kappa shape index (κ3) is 3.82. The average molecular weight is 308 g/mol. The van der Waals surface area contributed by atoms with Crippen molar-refractivity contribution in [2.24, 2.45) is 23.0 Å². The highest BCUT2D eigenvalue weighted by atomic mass is 16.2. The van der Waals surface area contributed by atoms with Crippen molar-refractivity contribution in [2.75, 3.05) is 0 Å². The van der Waals surface area contributed by atoms with Gasteiger partial charge in [0.15, 0.2) is 0 Å². The molecule has 126 valence electrons. The van der Waals surface area contributed by atoms with E-state index in [9.17, 15) is 9.59 Å². The van der Waals surface area contributed by atoms with Gasteiger partial charge in [0.25, 0.3) is 0 Å². The molecule has 0 aromatic rings. The maximum absolute atomic E-state index is 12.9. The van der Waals surface area contributed by atoms with E-state index in [2.05, 4.69) is 5.32 Å². The quantitative estimate of drug-likeness (QED) is 0.819. The molecular formula is C18H32N2O2. The second-order valence-electron chi connectivity index (χ2n) is 8.41. The average Bonchev–Trinajstić information content (AvgIpc) is 2.35. The third-order valence-corrected chi connectivity index (χ3v) is 5.51. The standard InChI is InChI=1S/C18H32N2O2/c1-17(2,3)20-15(21)14(12-13-8-7-9-13)18(16(19)22)10-5-4-6-11-18/h13-14H,4-12H2,1-3H3,(H2,19,22)(H,20,21). The van der Waals surface area contributed by atoms with Crippen LogP contribution in [-0.2, 0) is 9.59 Å². The smallest absolute Gasteiger partial charge is 0.224 e. The number of carbonyl (C=O) groups is 2. The molecule has 2 saturated carbocycles. The molecule has 1 atom stereocenters. The van der Waals surface area contributed by atoms with Crippen molar-refractivity contribution in [2.45, 2.75) is 84.1 Å². The summed E-state index contributed by atoms with van der Waals surface area (Å²) < 4.78 is 0. The molecular weight excluding hydrogens is 276 g/mol. The van der Waals surface area contributed by atoms with Gasteiger partial charge in [-0.25, -0.2) is 0 Å². The van der Waals surface area contributed by atoms with E-state index < -0.39 is 5.41 Å². The minimum Gasteiger partial charge on any atom is -0.369 e. The number of carbonyl (C=O) groups excluding carboxylic acids is 2. The molecule has 2 aliphatic rings. The van der Waals surface area contributed by atoms with E-state index in [1.807, 2.05) is 20.8 Å². The number of nitrogens with one attached hydrogen (secondary N) is 1. The van der Waals surface area contributed by atoms with Gasteiger partial charge in [0.1, 0.15) is 0 Å². The summed E-state index contributed by atoms with van der Waals surface area (Å²) in [6, 6.07) is 0. The Morgan fingerprint density at radius 2 is 1.73 bits per heavy atom. The van der Waals surface area contributed by atoms with Crippen molar-refractivity contribution in [1.82, 2.24) is 5.32 Å². The third-order valence-electron chi connectivity index (χ3n) is 5.51. The molecule has 2 amide bonds. The molecule has 0 spiro atoms. The second kappa shape index (κ2) is 6.59. The van der Waals surface area contributed by atoms with Gasteiger partial charge in [0, 0.05) is 5.54 Å². The summed E-state index contributed by atoms with van der Waals surface area (Å²) in [6.45, 7) is 5.97. The zero-order valence-corrected chi connectivity index (χ0v) is 14.4. The molecule has 22 heavy (non-hydrogen) atoms. The number of amides is 2. The minimum absolute atomic E-state index is 0.0279. The van der Waals surface area contributed by atoms with Crippen LogP contribution in [0.2, 0.25) is 0 Å². The molecule has 4 nitrogen and oxygen atoms in total. The summed E-state index contributed by atoms with van der Waals surface area (Å²) in [7, 11) is 0. The van der Waals surface area contributed by atoms with Gasteiger partial charge in [0.2, 0.25) is 11.8 Å². The van der Waals surface area contributed by atoms with E-state index in [4.69, 9.17) is 5.73 Å². The van der Waals surface area contributed by atoms with Crippen LogP contribution in [0.25, 0.3) is 0 Å². The van der Waals surface area contributed by atoms with Crippen LogP contribution >= 0.6 is 0 Å². The topological polar surface area (TPSA) is 72.2 Å². The fourth-order valence-electron chi connectivity index (χ4n) is 4.05. The molecule has 0 aromatic heterocycles. The van der Waals surface area contributed by atoms with Crippen LogP contribution in [0, 0.1) is 17.3 Å². The highest BCUT2D eigenvalue weighted by molar-refractivity contribution is 5.90. The molecule has 4 heteroatoms. The van der Waals surface area contributed by atoms with Crippen molar-refractivity contribution in [1.29, 1.82) is 0 Å². The predicted molar refractivity (Wildman–Crippen MR) is 88.1 cm³/mol. The van der Waals surface area contributed by atoms with Crippen molar-refractivity contribution in [3.05, 3.63) is 0 Å². The van der Waals surface area contributed by atoms with Crippen molar-refractivity contribution < 1.29 is 9.59 Å². The molecule has 2 aliphatic carbocycles. The molecule has 1 unspecified atom stereocenters. The Morgan fingerprint density at radius 3 is 2.14 bits per heavy atom. The Hall–Kier alpha value is -1.06. The van der Waals surface area contributed by atoms with Gasteiger partial charge in [-0.2, -0.15) is 0 Å². The fraction of sp³-hybridized carbons (Fsp3) is 0.889. The number of rotatable bonds is 5. The first kappa shape index (κ1) is 17.3. The van der Waals surface area contributed by atoms with Crippen molar-refractivity contribution in [3.8, 4) is 0 Å². The number of hydrogen-bond acceptors (Lipinski definition) is 2. The largest absolute Gasteiger partial charge is 0.369 e. The van der Waals surface area contributed by atoms with Gasteiger partial charge in [-0.15, -0.1) is 0 Å². The van der Waals surface area contributed by atoms with Crippen LogP contribution in [-0.4, -0.2) is 17.4 Å². The maximum atomic E-state index is 12.9. The first-order chi connectivity index (χ1) is 10.2. The van der Waals surface area contributed by atoms with E-state index in [0.29, 0.717) is 5.92 Å². The van der Waals surface area contributed by atoms with Gasteiger partial charge in [0.05, 0.1) is 11.3 Å². The van der Waals surface area contributed by atoms with Crippen LogP contribution < -0.4 is 11.1 Å². The fourth-order valence-corrected chi connectivity index (χ4v) is 4.05. The second-order valence-corrected chi connectivity index (χ2v) is 8.41. The molecule has 0 bridgehead atoms. The molecule has 3 N–H and O–H groups in total. The van der Waals surface area contributed by atoms with Crippen LogP contribution in [0.4, 0.5) is 0 Å². The van der Waals surface area contributed by atoms with E-state index >= 15 is 0 Å². The highest BCUT2D eigenvalue weighted by Crippen LogP contribution is 2.47. The Bertz CT molecular complexity index is 415. The van der Waals surface area contributed by atoms with Gasteiger partial charge in [-0.1, -0.05) is 38.5 Å². The lowest BCUT2D eigenvalue weighted by Crippen LogP contribution is -2.54. The molecule has 0 saturated heterocycles. The lowest BCUT2D eigenvalue weighted by molar-refractivity contribution is -0.145. The summed E-state index contributed by atoms with van der Waals surface area (Å²) in [6.07, 6.45) is 9.16. The zero-order chi connectivity index (χ0) is 16.4. The summed E-state index contributed by atoms with van der Waals surface area (Å²) in [4.78, 5) is 25.2. The molecule has 2 rings (SSSR count). The Labute approximate surface area is 134 Å². The summed E-state index contributed by atoms with van der Waals surface area (Å²) in [5, 5.41) is 3.10. The summed E-state index contributed by atoms with van der Waals surface area (Å²) in [5.74, 6) is 0.101. The zero-order valence-electron chi connectivity index (χ0n) is 14.4. The Balaban J connectivity index is 2.23. The maximum Gasteiger partial charge on any atom is 0.224 e. The predicted octanol–water partition coefficient (Wildman–Crippen LogP) is 3.14. The molecule has 2 fully saturated rings. The monoisotopic (exact) mass is 308 g/mol. The number of hydrogen-bond donors (Lipinski definition) is 2.